The van der Waals surface area contributed by atoms with Gasteiger partial charge in [0, 0.05) is 28.8 Å². The Balaban J connectivity index is 1.63. The largest absolute Gasteiger partial charge is 0.480 e. The third-order valence-corrected chi connectivity index (χ3v) is 9.76. The van der Waals surface area contributed by atoms with Crippen molar-refractivity contribution in [1.29, 1.82) is 0 Å². The molecule has 0 saturated heterocycles. The molecule has 1 aromatic heterocycles. The highest BCUT2D eigenvalue weighted by Crippen LogP contribution is 2.61. The zero-order chi connectivity index (χ0) is 25.3. The van der Waals surface area contributed by atoms with E-state index < -0.39 is 26.9 Å². The SMILES string of the molecule is CC(=O)NCCC[C@@]1(c2ccccc2)C[C@]1(NS(=O)(=O)c1ccc(-c2ccc(Cl)cc2)s1)C(=O)O. The van der Waals surface area contributed by atoms with Crippen molar-refractivity contribution in [1.82, 2.24) is 10.0 Å². The molecule has 1 aliphatic carbocycles. The van der Waals surface area contributed by atoms with E-state index >= 15 is 0 Å². The van der Waals surface area contributed by atoms with Crippen molar-refractivity contribution >= 4 is 44.8 Å². The number of amides is 1. The van der Waals surface area contributed by atoms with Gasteiger partial charge in [-0.15, -0.1) is 11.3 Å². The second-order valence-electron chi connectivity index (χ2n) is 8.65. The summed E-state index contributed by atoms with van der Waals surface area (Å²) in [5, 5.41) is 13.6. The molecule has 1 fully saturated rings. The first-order valence-electron chi connectivity index (χ1n) is 11.0. The molecule has 184 valence electrons. The fraction of sp³-hybridized carbons (Fsp3) is 0.280. The summed E-state index contributed by atoms with van der Waals surface area (Å²) in [6.45, 7) is 1.79. The van der Waals surface area contributed by atoms with E-state index in [2.05, 4.69) is 10.0 Å². The quantitative estimate of drug-likeness (QED) is 0.334. The van der Waals surface area contributed by atoms with Crippen molar-refractivity contribution in [2.75, 3.05) is 6.54 Å². The van der Waals surface area contributed by atoms with Crippen LogP contribution in [0.25, 0.3) is 10.4 Å². The molecule has 3 N–H and O–H groups in total. The van der Waals surface area contributed by atoms with Crippen molar-refractivity contribution in [2.24, 2.45) is 0 Å². The van der Waals surface area contributed by atoms with Gasteiger partial charge in [-0.1, -0.05) is 54.1 Å². The fourth-order valence-corrected chi connectivity index (χ4v) is 7.45. The van der Waals surface area contributed by atoms with Crippen LogP contribution < -0.4 is 10.0 Å². The lowest BCUT2D eigenvalue weighted by Gasteiger charge is -2.24. The van der Waals surface area contributed by atoms with Crippen molar-refractivity contribution in [3.05, 3.63) is 77.3 Å². The molecule has 10 heteroatoms. The van der Waals surface area contributed by atoms with E-state index in [0.29, 0.717) is 24.4 Å². The molecule has 1 saturated carbocycles. The molecule has 7 nitrogen and oxygen atoms in total. The lowest BCUT2D eigenvalue weighted by molar-refractivity contribution is -0.140. The molecule has 1 heterocycles. The van der Waals surface area contributed by atoms with Gasteiger partial charge in [-0.2, -0.15) is 4.72 Å². The standard InChI is InChI=1S/C25H25ClN2O5S2/c1-17(29)27-15-5-14-24(19-6-3-2-4-7-19)16-25(24,23(30)31)28-35(32,33)22-13-12-21(34-22)18-8-10-20(26)11-9-18/h2-4,6-13,28H,5,14-16H2,1H3,(H,27,29)(H,30,31)/t24-,25-/m0/s1. The van der Waals surface area contributed by atoms with E-state index in [-0.39, 0.29) is 16.5 Å². The highest BCUT2D eigenvalue weighted by atomic mass is 35.5. The van der Waals surface area contributed by atoms with Gasteiger partial charge in [0.15, 0.2) is 0 Å². The Labute approximate surface area is 213 Å². The number of halogens is 1. The lowest BCUT2D eigenvalue weighted by atomic mass is 9.86. The first-order valence-corrected chi connectivity index (χ1v) is 13.7. The second kappa shape index (κ2) is 9.73. The first-order chi connectivity index (χ1) is 16.6. The first kappa shape index (κ1) is 25.4. The van der Waals surface area contributed by atoms with Crippen LogP contribution in [0.1, 0.15) is 31.7 Å². The van der Waals surface area contributed by atoms with Gasteiger partial charge in [-0.3, -0.25) is 9.59 Å². The van der Waals surface area contributed by atoms with E-state index in [1.165, 1.54) is 13.0 Å². The maximum Gasteiger partial charge on any atom is 0.325 e. The number of hydrogen-bond donors (Lipinski definition) is 3. The van der Waals surface area contributed by atoms with Crippen LogP contribution in [-0.2, 0) is 25.0 Å². The minimum absolute atomic E-state index is 0.0372. The Morgan fingerprint density at radius 3 is 2.37 bits per heavy atom. The van der Waals surface area contributed by atoms with Gasteiger partial charge in [-0.25, -0.2) is 8.42 Å². The van der Waals surface area contributed by atoms with Crippen LogP contribution in [-0.4, -0.2) is 37.5 Å². The van der Waals surface area contributed by atoms with Crippen molar-refractivity contribution in [2.45, 2.75) is 41.3 Å². The van der Waals surface area contributed by atoms with Crippen LogP contribution in [0.3, 0.4) is 0 Å². The summed E-state index contributed by atoms with van der Waals surface area (Å²) in [4.78, 5) is 24.6. The molecular weight excluding hydrogens is 508 g/mol. The number of benzene rings is 2. The summed E-state index contributed by atoms with van der Waals surface area (Å²) in [5.41, 5.74) is -1.05. The van der Waals surface area contributed by atoms with Crippen LogP contribution in [0.4, 0.5) is 0 Å². The summed E-state index contributed by atoms with van der Waals surface area (Å²) in [6, 6.07) is 19.3. The third-order valence-electron chi connectivity index (χ3n) is 6.39. The Morgan fingerprint density at radius 1 is 1.06 bits per heavy atom. The smallest absolute Gasteiger partial charge is 0.325 e. The average molecular weight is 533 g/mol. The number of carboxylic acids is 1. The number of carbonyl (C=O) groups excluding carboxylic acids is 1. The molecule has 1 aliphatic rings. The highest BCUT2D eigenvalue weighted by molar-refractivity contribution is 7.91. The number of thiophene rings is 1. The molecular formula is C25H25ClN2O5S2. The van der Waals surface area contributed by atoms with Crippen molar-refractivity contribution < 1.29 is 23.1 Å². The van der Waals surface area contributed by atoms with Gasteiger partial charge < -0.3 is 10.4 Å². The number of nitrogens with one attached hydrogen (secondary N) is 2. The van der Waals surface area contributed by atoms with Gasteiger partial charge in [0.05, 0.1) is 0 Å². The molecule has 0 unspecified atom stereocenters. The lowest BCUT2D eigenvalue weighted by Crippen LogP contribution is -2.48. The number of carbonyl (C=O) groups is 2. The fourth-order valence-electron chi connectivity index (χ4n) is 4.59. The van der Waals surface area contributed by atoms with Gasteiger partial charge in [0.1, 0.15) is 9.75 Å². The minimum atomic E-state index is -4.13. The maximum absolute atomic E-state index is 13.4. The molecule has 0 spiro atoms. The summed E-state index contributed by atoms with van der Waals surface area (Å²) >= 11 is 7.01. The van der Waals surface area contributed by atoms with Crippen molar-refractivity contribution in [3.63, 3.8) is 0 Å². The summed E-state index contributed by atoms with van der Waals surface area (Å²) in [5.74, 6) is -1.40. The Bertz CT molecular complexity index is 1340. The van der Waals surface area contributed by atoms with Gasteiger partial charge >= 0.3 is 5.97 Å². The van der Waals surface area contributed by atoms with Crippen LogP contribution >= 0.6 is 22.9 Å². The van der Waals surface area contributed by atoms with Gasteiger partial charge in [0.2, 0.25) is 5.91 Å². The predicted molar refractivity (Wildman–Crippen MR) is 136 cm³/mol. The number of rotatable bonds is 10. The third kappa shape index (κ3) is 4.99. The zero-order valence-corrected chi connectivity index (χ0v) is 21.3. The Morgan fingerprint density at radius 2 is 1.74 bits per heavy atom. The van der Waals surface area contributed by atoms with E-state index in [1.807, 2.05) is 30.3 Å². The summed E-state index contributed by atoms with van der Waals surface area (Å²) in [6.07, 6.45) is 1.02. The molecule has 2 aromatic carbocycles. The molecule has 4 rings (SSSR count). The Kier molecular flexibility index (Phi) is 7.06. The monoisotopic (exact) mass is 532 g/mol. The molecule has 2 atom stereocenters. The van der Waals surface area contributed by atoms with Crippen LogP contribution in [0.2, 0.25) is 5.02 Å². The molecule has 0 aliphatic heterocycles. The average Bonchev–Trinajstić information content (AvgIpc) is 3.19. The van der Waals surface area contributed by atoms with E-state index in [1.54, 1.807) is 30.3 Å². The molecule has 35 heavy (non-hydrogen) atoms. The summed E-state index contributed by atoms with van der Waals surface area (Å²) in [7, 11) is -4.13. The van der Waals surface area contributed by atoms with Gasteiger partial charge in [0.25, 0.3) is 10.0 Å². The Hall–Kier alpha value is -2.72. The highest BCUT2D eigenvalue weighted by Gasteiger charge is 2.74. The molecule has 0 radical (unpaired) electrons. The van der Waals surface area contributed by atoms with Gasteiger partial charge in [-0.05, 0) is 54.7 Å². The van der Waals surface area contributed by atoms with E-state index in [9.17, 15) is 23.1 Å². The van der Waals surface area contributed by atoms with Crippen molar-refractivity contribution in [3.8, 4) is 10.4 Å². The maximum atomic E-state index is 13.4. The summed E-state index contributed by atoms with van der Waals surface area (Å²) < 4.78 is 29.4. The minimum Gasteiger partial charge on any atom is -0.480 e. The van der Waals surface area contributed by atoms with Crippen LogP contribution in [0, 0.1) is 0 Å². The predicted octanol–water partition coefficient (Wildman–Crippen LogP) is 4.43. The molecule has 0 bridgehead atoms. The second-order valence-corrected chi connectivity index (χ2v) is 12.1. The number of hydrogen-bond acceptors (Lipinski definition) is 5. The topological polar surface area (TPSA) is 113 Å². The molecule has 3 aromatic rings. The number of carboxylic acid groups (broad SMARTS) is 1. The number of sulfonamides is 1. The number of aliphatic carboxylic acids is 1. The molecule has 1 amide bonds. The van der Waals surface area contributed by atoms with E-state index in [0.717, 1.165) is 27.3 Å². The van der Waals surface area contributed by atoms with Crippen LogP contribution in [0.5, 0.6) is 0 Å². The van der Waals surface area contributed by atoms with E-state index in [4.69, 9.17) is 11.6 Å². The normalized spacial score (nSPS) is 21.4. The zero-order valence-electron chi connectivity index (χ0n) is 19.0. The van der Waals surface area contributed by atoms with Crippen LogP contribution in [0.15, 0.2) is 70.9 Å².